The summed E-state index contributed by atoms with van der Waals surface area (Å²) in [4.78, 5) is 87.8. The van der Waals surface area contributed by atoms with Gasteiger partial charge in [0.25, 0.3) is 0 Å². The summed E-state index contributed by atoms with van der Waals surface area (Å²) >= 11 is 0. The van der Waals surface area contributed by atoms with Gasteiger partial charge in [-0.25, -0.2) is 4.79 Å². The largest absolute Gasteiger partial charge is 0.480 e. The van der Waals surface area contributed by atoms with E-state index < -0.39 is 95.4 Å². The van der Waals surface area contributed by atoms with Crippen LogP contribution in [0.4, 0.5) is 0 Å². The van der Waals surface area contributed by atoms with Gasteiger partial charge in [0.2, 0.25) is 29.5 Å². The van der Waals surface area contributed by atoms with Gasteiger partial charge in [-0.15, -0.1) is 0 Å². The second-order valence-electron chi connectivity index (χ2n) is 17.7. The Morgan fingerprint density at radius 2 is 0.877 bits per heavy atom. The number of aliphatic carboxylic acids is 1. The average molecular weight is 889 g/mol. The van der Waals surface area contributed by atoms with E-state index >= 15 is 0 Å². The lowest BCUT2D eigenvalue weighted by Gasteiger charge is -2.37. The third-order valence-electron chi connectivity index (χ3n) is 11.9. The van der Waals surface area contributed by atoms with E-state index in [4.69, 9.17) is 15.2 Å². The Labute approximate surface area is 380 Å². The van der Waals surface area contributed by atoms with Crippen LogP contribution in [0.1, 0.15) is 63.8 Å². The minimum absolute atomic E-state index is 0.00177. The van der Waals surface area contributed by atoms with Gasteiger partial charge in [0.05, 0.1) is 18.2 Å². The van der Waals surface area contributed by atoms with Crippen LogP contribution < -0.4 is 21.7 Å². The van der Waals surface area contributed by atoms with Crippen molar-refractivity contribution in [3.8, 4) is 0 Å². The molecule has 2 fully saturated rings. The molecule has 6 N–H and O–H groups in total. The first-order chi connectivity index (χ1) is 30.9. The lowest BCUT2D eigenvalue weighted by molar-refractivity contribution is -0.157. The van der Waals surface area contributed by atoms with Crippen LogP contribution in [0.5, 0.6) is 0 Å². The van der Waals surface area contributed by atoms with E-state index in [2.05, 4.69) is 16.0 Å². The van der Waals surface area contributed by atoms with Gasteiger partial charge in [0, 0.05) is 19.3 Å². The van der Waals surface area contributed by atoms with Crippen molar-refractivity contribution in [1.29, 1.82) is 0 Å². The van der Waals surface area contributed by atoms with Crippen molar-refractivity contribution in [3.63, 3.8) is 0 Å². The van der Waals surface area contributed by atoms with Crippen LogP contribution in [0.25, 0.3) is 0 Å². The number of hydrogen-bond acceptors (Lipinski definition) is 9. The molecule has 0 unspecified atom stereocenters. The smallest absolute Gasteiger partial charge is 0.329 e. The lowest BCUT2D eigenvalue weighted by atomic mass is 9.99. The Morgan fingerprint density at radius 3 is 1.28 bits per heavy atom. The number of carbonyl (C=O) groups is 6. The molecule has 2 heterocycles. The van der Waals surface area contributed by atoms with Crippen molar-refractivity contribution in [3.05, 3.63) is 144 Å². The lowest BCUT2D eigenvalue weighted by Crippen LogP contribution is -2.63. The van der Waals surface area contributed by atoms with Gasteiger partial charge >= 0.3 is 5.97 Å². The maximum Gasteiger partial charge on any atom is 0.329 e. The number of hydrogen-bond donors (Lipinski definition) is 5. The highest BCUT2D eigenvalue weighted by Crippen LogP contribution is 2.35. The van der Waals surface area contributed by atoms with E-state index in [0.29, 0.717) is 11.1 Å². The SMILES string of the molecule is C[C@@H]1OC(C)(C)N(C(=O)[C@H](Cc2ccccc2)NC(=O)[C@H](Cc2ccccc2)NC(=O)[C@@H]2[C@H](C)OC(C)(C)N2C(=O)[C@H](Cc2ccccc2)NC(=O)[C@@H](N)Cc2ccccc2)[C@@H]1C(=O)O. The number of benzene rings is 4. The topological polar surface area (TPSA) is 210 Å². The quantitative estimate of drug-likeness (QED) is 0.104. The molecule has 2 saturated heterocycles. The number of rotatable bonds is 17. The number of nitrogens with two attached hydrogens (primary N) is 1. The van der Waals surface area contributed by atoms with E-state index in [-0.39, 0.29) is 25.7 Å². The van der Waals surface area contributed by atoms with Gasteiger partial charge in [0.1, 0.15) is 35.6 Å². The predicted octanol–water partition coefficient (Wildman–Crippen LogP) is 3.53. The summed E-state index contributed by atoms with van der Waals surface area (Å²) in [6.45, 7) is 9.73. The number of nitrogens with zero attached hydrogens (tertiary/aromatic N) is 2. The third kappa shape index (κ3) is 11.6. The molecule has 344 valence electrons. The highest BCUT2D eigenvalue weighted by molar-refractivity contribution is 5.97. The van der Waals surface area contributed by atoms with Crippen LogP contribution in [0.2, 0.25) is 0 Å². The second kappa shape index (κ2) is 20.6. The molecule has 8 atom stereocenters. The average Bonchev–Trinajstić information content (AvgIpc) is 3.67. The van der Waals surface area contributed by atoms with E-state index in [1.807, 2.05) is 72.8 Å². The zero-order valence-electron chi connectivity index (χ0n) is 37.7. The molecule has 15 nitrogen and oxygen atoms in total. The summed E-state index contributed by atoms with van der Waals surface area (Å²) in [6.07, 6.45) is -1.43. The summed E-state index contributed by atoms with van der Waals surface area (Å²) in [6, 6.07) is 29.0. The first-order valence-electron chi connectivity index (χ1n) is 21.9. The minimum atomic E-state index is -1.35. The number of carboxylic acids is 1. The Morgan fingerprint density at radius 1 is 0.538 bits per heavy atom. The van der Waals surface area contributed by atoms with Crippen molar-refractivity contribution >= 4 is 35.5 Å². The van der Waals surface area contributed by atoms with Crippen LogP contribution in [-0.2, 0) is 63.9 Å². The summed E-state index contributed by atoms with van der Waals surface area (Å²) in [5.41, 5.74) is 6.69. The zero-order chi connectivity index (χ0) is 47.1. The molecule has 6 rings (SSSR count). The Balaban J connectivity index is 1.30. The Hall–Kier alpha value is -6.42. The molecular weight excluding hydrogens is 829 g/mol. The van der Waals surface area contributed by atoms with Crippen LogP contribution in [0, 0.1) is 0 Å². The van der Waals surface area contributed by atoms with E-state index in [0.717, 1.165) is 16.0 Å². The molecule has 0 bridgehead atoms. The standard InChI is InChI=1S/C50H60N6O9/c1-31-41(55(49(3,4)64-31)46(60)39(29-35-23-15-9-16-24-35)53-43(57)37(51)27-33-19-11-7-12-20-33)45(59)52-38(28-34-21-13-8-14-22-34)44(58)54-40(30-36-25-17-10-18-26-36)47(61)56-42(48(62)63)32(2)65-50(56,5)6/h7-26,31-32,37-42H,27-30,51H2,1-6H3,(H,52,59)(H,53,57)(H,54,58)(H,62,63)/t31-,32-,37-,38-,39-,40-,41-,42-/m0/s1. The molecule has 0 radical (unpaired) electrons. The molecule has 5 amide bonds. The summed E-state index contributed by atoms with van der Waals surface area (Å²) in [5.74, 6) is -4.52. The minimum Gasteiger partial charge on any atom is -0.480 e. The number of carboxylic acid groups (broad SMARTS) is 1. The molecule has 0 aromatic heterocycles. The van der Waals surface area contributed by atoms with Gasteiger partial charge in [0.15, 0.2) is 6.04 Å². The van der Waals surface area contributed by atoms with Crippen molar-refractivity contribution in [1.82, 2.24) is 25.8 Å². The van der Waals surface area contributed by atoms with Crippen LogP contribution in [0.15, 0.2) is 121 Å². The molecule has 2 aliphatic rings. The molecular formula is C50H60N6O9. The van der Waals surface area contributed by atoms with Crippen molar-refractivity contribution in [2.75, 3.05) is 0 Å². The van der Waals surface area contributed by atoms with E-state index in [9.17, 15) is 33.9 Å². The molecule has 0 saturated carbocycles. The van der Waals surface area contributed by atoms with Gasteiger partial charge in [-0.1, -0.05) is 121 Å². The van der Waals surface area contributed by atoms with Crippen molar-refractivity contribution in [2.24, 2.45) is 5.73 Å². The molecule has 2 aliphatic heterocycles. The molecule has 0 spiro atoms. The van der Waals surface area contributed by atoms with E-state index in [1.54, 1.807) is 90.1 Å². The Bertz CT molecular complexity index is 2300. The maximum absolute atomic E-state index is 15.0. The van der Waals surface area contributed by atoms with Crippen LogP contribution in [0.3, 0.4) is 0 Å². The van der Waals surface area contributed by atoms with Crippen LogP contribution >= 0.6 is 0 Å². The van der Waals surface area contributed by atoms with Crippen molar-refractivity contribution in [2.45, 2.75) is 127 Å². The summed E-state index contributed by atoms with van der Waals surface area (Å²) in [5, 5.41) is 18.8. The molecule has 4 aromatic carbocycles. The van der Waals surface area contributed by atoms with Gasteiger partial charge in [-0.2, -0.15) is 0 Å². The summed E-state index contributed by atoms with van der Waals surface area (Å²) in [7, 11) is 0. The second-order valence-corrected chi connectivity index (χ2v) is 17.7. The molecule has 4 aromatic rings. The third-order valence-corrected chi connectivity index (χ3v) is 11.9. The first kappa shape index (κ1) is 48.0. The van der Waals surface area contributed by atoms with Crippen molar-refractivity contribution < 1.29 is 43.3 Å². The maximum atomic E-state index is 15.0. The normalized spacial score (nSPS) is 21.6. The summed E-state index contributed by atoms with van der Waals surface area (Å²) < 4.78 is 12.2. The molecule has 0 aliphatic carbocycles. The fourth-order valence-electron chi connectivity index (χ4n) is 8.95. The first-order valence-corrected chi connectivity index (χ1v) is 21.9. The van der Waals surface area contributed by atoms with Gasteiger partial charge in [-0.3, -0.25) is 33.8 Å². The fraction of sp³-hybridized carbons (Fsp3) is 0.400. The number of amides is 5. The highest BCUT2D eigenvalue weighted by Gasteiger charge is 2.55. The Kier molecular flexibility index (Phi) is 15.2. The zero-order valence-corrected chi connectivity index (χ0v) is 37.7. The number of carbonyl (C=O) groups excluding carboxylic acids is 5. The number of ether oxygens (including phenoxy) is 2. The van der Waals surface area contributed by atoms with Crippen LogP contribution in [-0.4, -0.2) is 110 Å². The molecule has 15 heteroatoms. The number of nitrogens with one attached hydrogen (secondary N) is 3. The van der Waals surface area contributed by atoms with E-state index in [1.165, 1.54) is 4.90 Å². The molecule has 65 heavy (non-hydrogen) atoms. The highest BCUT2D eigenvalue weighted by atomic mass is 16.6. The van der Waals surface area contributed by atoms with Gasteiger partial charge in [-0.05, 0) is 70.2 Å². The van der Waals surface area contributed by atoms with Gasteiger partial charge < -0.3 is 36.3 Å². The monoisotopic (exact) mass is 888 g/mol. The fourth-order valence-corrected chi connectivity index (χ4v) is 8.95. The predicted molar refractivity (Wildman–Crippen MR) is 243 cm³/mol.